The molecule has 1 rings (SSSR count). The normalized spacial score (nSPS) is 9.80. The summed E-state index contributed by atoms with van der Waals surface area (Å²) in [5, 5.41) is 9.19. The lowest BCUT2D eigenvalue weighted by molar-refractivity contribution is 0.295. The molecule has 0 radical (unpaired) electrons. The number of allylic oxidation sites excluding steroid dienone is 1. The van der Waals surface area contributed by atoms with Crippen molar-refractivity contribution in [2.45, 2.75) is 19.8 Å². The topological polar surface area (TPSA) is 20.2 Å². The van der Waals surface area contributed by atoms with Gasteiger partial charge in [-0.2, -0.15) is 11.1 Å². The van der Waals surface area contributed by atoms with E-state index in [0.717, 1.165) is 12.8 Å². The third kappa shape index (κ3) is 7.37. The van der Waals surface area contributed by atoms with Gasteiger partial charge in [-0.1, -0.05) is 37.3 Å². The lowest BCUT2D eigenvalue weighted by Crippen LogP contribution is -2.08. The number of rotatable bonds is 4. The first-order chi connectivity index (χ1) is 7.28. The largest absolute Gasteiger partial charge is 0.396 e. The average molecular weight is 243 g/mol. The Hall–Kier alpha value is -0.573. The van der Waals surface area contributed by atoms with Crippen molar-refractivity contribution in [1.29, 1.82) is 0 Å². The van der Waals surface area contributed by atoms with Crippen molar-refractivity contribution < 1.29 is 5.11 Å². The van der Waals surface area contributed by atoms with Gasteiger partial charge in [-0.25, -0.2) is 0 Å². The Bertz CT molecular complexity index is 274. The standard InChI is InChI=1S/C9H11ClSi.C3H8O/c1-2-4-8-5-3-6-9(7-8)11-10;1-2-3-4/h2-3,5-7H,1,4,11H2;4H,2-3H2,1H3. The highest BCUT2D eigenvalue weighted by Gasteiger charge is 1.92. The Morgan fingerprint density at radius 1 is 1.53 bits per heavy atom. The molecule has 1 N–H and O–H groups in total. The first kappa shape index (κ1) is 14.4. The van der Waals surface area contributed by atoms with Crippen LogP contribution in [0, 0.1) is 0 Å². The van der Waals surface area contributed by atoms with Gasteiger partial charge in [0.05, 0.1) is 0 Å². The lowest BCUT2D eigenvalue weighted by Gasteiger charge is -1.98. The van der Waals surface area contributed by atoms with Crippen molar-refractivity contribution >= 4 is 25.1 Å². The van der Waals surface area contributed by atoms with E-state index in [0.29, 0.717) is 6.61 Å². The molecule has 1 aromatic rings. The highest BCUT2D eigenvalue weighted by molar-refractivity contribution is 7.01. The van der Waals surface area contributed by atoms with Gasteiger partial charge in [0.1, 0.15) is 0 Å². The van der Waals surface area contributed by atoms with E-state index in [9.17, 15) is 0 Å². The molecule has 15 heavy (non-hydrogen) atoms. The fourth-order valence-electron chi connectivity index (χ4n) is 1.01. The summed E-state index contributed by atoms with van der Waals surface area (Å²) in [4.78, 5) is 0. The van der Waals surface area contributed by atoms with Crippen LogP contribution < -0.4 is 5.19 Å². The number of hydrogen-bond acceptors (Lipinski definition) is 1. The number of halogens is 1. The third-order valence-corrected chi connectivity index (χ3v) is 3.42. The molecule has 0 saturated carbocycles. The molecule has 0 heterocycles. The summed E-state index contributed by atoms with van der Waals surface area (Å²) in [7, 11) is -0.509. The van der Waals surface area contributed by atoms with Gasteiger partial charge < -0.3 is 5.11 Å². The second-order valence-electron chi connectivity index (χ2n) is 3.17. The van der Waals surface area contributed by atoms with E-state index in [-0.39, 0.29) is 0 Å². The molecule has 0 spiro atoms. The molecule has 3 heteroatoms. The molecular formula is C12H19ClOSi. The first-order valence-electron chi connectivity index (χ1n) is 5.14. The van der Waals surface area contributed by atoms with Crippen molar-refractivity contribution in [3.8, 4) is 0 Å². The summed E-state index contributed by atoms with van der Waals surface area (Å²) in [5.41, 5.74) is 1.31. The molecule has 0 aliphatic heterocycles. The van der Waals surface area contributed by atoms with Crippen LogP contribution >= 0.6 is 11.1 Å². The highest BCUT2D eigenvalue weighted by Crippen LogP contribution is 1.98. The molecule has 0 amide bonds. The lowest BCUT2D eigenvalue weighted by atomic mass is 10.1. The third-order valence-electron chi connectivity index (χ3n) is 1.75. The van der Waals surface area contributed by atoms with Crippen LogP contribution in [0.15, 0.2) is 36.9 Å². The number of hydrogen-bond donors (Lipinski definition) is 1. The van der Waals surface area contributed by atoms with E-state index in [2.05, 4.69) is 30.8 Å². The Kier molecular flexibility index (Phi) is 9.58. The Labute approximate surface area is 99.3 Å². The van der Waals surface area contributed by atoms with E-state index in [4.69, 9.17) is 16.2 Å². The highest BCUT2D eigenvalue weighted by atomic mass is 35.6. The van der Waals surface area contributed by atoms with E-state index in [1.807, 2.05) is 13.0 Å². The van der Waals surface area contributed by atoms with Gasteiger partial charge in [0.25, 0.3) is 0 Å². The molecule has 0 saturated heterocycles. The zero-order valence-electron chi connectivity index (χ0n) is 9.25. The van der Waals surface area contributed by atoms with E-state index in [1.54, 1.807) is 0 Å². The van der Waals surface area contributed by atoms with Crippen LogP contribution in [0.25, 0.3) is 0 Å². The van der Waals surface area contributed by atoms with Gasteiger partial charge in [-0.15, -0.1) is 6.58 Å². The molecule has 84 valence electrons. The summed E-state index contributed by atoms with van der Waals surface area (Å²) in [6.45, 7) is 5.94. The minimum Gasteiger partial charge on any atom is -0.396 e. The second-order valence-corrected chi connectivity index (χ2v) is 5.06. The average Bonchev–Trinajstić information content (AvgIpc) is 2.30. The van der Waals surface area contributed by atoms with Crippen LogP contribution in [0.3, 0.4) is 0 Å². The Balaban J connectivity index is 0.000000423. The molecule has 0 atom stereocenters. The fraction of sp³-hybridized carbons (Fsp3) is 0.333. The Morgan fingerprint density at radius 3 is 2.67 bits per heavy atom. The van der Waals surface area contributed by atoms with Crippen molar-refractivity contribution in [3.05, 3.63) is 42.5 Å². The summed E-state index contributed by atoms with van der Waals surface area (Å²) >= 11 is 5.81. The molecule has 0 aliphatic rings. The smallest absolute Gasteiger partial charge is 0.155 e. The first-order valence-corrected chi connectivity index (χ1v) is 7.98. The maximum absolute atomic E-state index is 7.88. The van der Waals surface area contributed by atoms with Gasteiger partial charge >= 0.3 is 0 Å². The maximum atomic E-state index is 7.88. The van der Waals surface area contributed by atoms with Gasteiger partial charge in [0.2, 0.25) is 0 Å². The molecule has 1 aromatic carbocycles. The van der Waals surface area contributed by atoms with Gasteiger partial charge in [0.15, 0.2) is 8.83 Å². The van der Waals surface area contributed by atoms with Crippen molar-refractivity contribution in [2.75, 3.05) is 6.61 Å². The fourth-order valence-corrected chi connectivity index (χ4v) is 2.07. The van der Waals surface area contributed by atoms with Crippen LogP contribution in [0.2, 0.25) is 0 Å². The van der Waals surface area contributed by atoms with Crippen LogP contribution in [0.5, 0.6) is 0 Å². The van der Waals surface area contributed by atoms with Gasteiger partial charge in [-0.05, 0) is 23.6 Å². The predicted octanol–water partition coefficient (Wildman–Crippen LogP) is 1.75. The Morgan fingerprint density at radius 2 is 2.20 bits per heavy atom. The zero-order valence-corrected chi connectivity index (χ0v) is 11.4. The monoisotopic (exact) mass is 242 g/mol. The van der Waals surface area contributed by atoms with Crippen LogP contribution in [-0.2, 0) is 6.42 Å². The van der Waals surface area contributed by atoms with E-state index in [1.165, 1.54) is 10.8 Å². The van der Waals surface area contributed by atoms with E-state index < -0.39 is 8.83 Å². The number of benzene rings is 1. The van der Waals surface area contributed by atoms with Crippen LogP contribution in [0.1, 0.15) is 18.9 Å². The summed E-state index contributed by atoms with van der Waals surface area (Å²) < 4.78 is 0. The van der Waals surface area contributed by atoms with Crippen molar-refractivity contribution in [1.82, 2.24) is 0 Å². The number of aliphatic hydroxyl groups is 1. The molecule has 0 aliphatic carbocycles. The number of aliphatic hydroxyl groups excluding tert-OH is 1. The molecule has 0 fully saturated rings. The van der Waals surface area contributed by atoms with Crippen molar-refractivity contribution in [3.63, 3.8) is 0 Å². The molecule has 0 unspecified atom stereocenters. The minimum atomic E-state index is -0.509. The molecule has 0 aromatic heterocycles. The minimum absolute atomic E-state index is 0.319. The quantitative estimate of drug-likeness (QED) is 0.485. The summed E-state index contributed by atoms with van der Waals surface area (Å²) in [5.74, 6) is 0. The molecular weight excluding hydrogens is 224 g/mol. The molecule has 1 nitrogen and oxygen atoms in total. The van der Waals surface area contributed by atoms with Crippen molar-refractivity contribution in [2.24, 2.45) is 0 Å². The summed E-state index contributed by atoms with van der Waals surface area (Å²) in [6, 6.07) is 8.42. The van der Waals surface area contributed by atoms with Crippen LogP contribution in [0.4, 0.5) is 0 Å². The predicted molar refractivity (Wildman–Crippen MR) is 71.8 cm³/mol. The van der Waals surface area contributed by atoms with E-state index >= 15 is 0 Å². The maximum Gasteiger partial charge on any atom is 0.155 e. The van der Waals surface area contributed by atoms with Gasteiger partial charge in [0, 0.05) is 6.61 Å². The summed E-state index contributed by atoms with van der Waals surface area (Å²) in [6.07, 6.45) is 3.73. The molecule has 0 bridgehead atoms. The van der Waals surface area contributed by atoms with Gasteiger partial charge in [-0.3, -0.25) is 0 Å². The zero-order chi connectivity index (χ0) is 11.5. The SMILES string of the molecule is C=CCc1cccc([SiH2]Cl)c1.CCCO. The van der Waals surface area contributed by atoms with Crippen LogP contribution in [-0.4, -0.2) is 20.5 Å². The second kappa shape index (κ2) is 9.96.